The Hall–Kier alpha value is -2.17. The third-order valence-corrected chi connectivity index (χ3v) is 4.22. The number of aliphatic hydroxyl groups is 1. The second-order valence-electron chi connectivity index (χ2n) is 5.83. The van der Waals surface area contributed by atoms with Gasteiger partial charge in [0.05, 0.1) is 13.2 Å². The molecule has 1 amide bonds. The topological polar surface area (TPSA) is 58.6 Å². The van der Waals surface area contributed by atoms with Gasteiger partial charge in [-0.15, -0.1) is 0 Å². The van der Waals surface area contributed by atoms with Crippen molar-refractivity contribution in [2.45, 2.75) is 13.0 Å². The molecule has 2 aromatic carbocycles. The first-order valence-corrected chi connectivity index (χ1v) is 7.93. The molecule has 0 aromatic heterocycles. The van der Waals surface area contributed by atoms with Crippen molar-refractivity contribution in [2.24, 2.45) is 5.92 Å². The Bertz CT molecular complexity index is 661. The zero-order chi connectivity index (χ0) is 16.1. The molecule has 3 rings (SSSR count). The molecule has 4 nitrogen and oxygen atoms in total. The van der Waals surface area contributed by atoms with Crippen molar-refractivity contribution in [3.8, 4) is 11.1 Å². The monoisotopic (exact) mass is 311 g/mol. The highest BCUT2D eigenvalue weighted by molar-refractivity contribution is 5.94. The average Bonchev–Trinajstić information content (AvgIpc) is 3.13. The highest BCUT2D eigenvalue weighted by atomic mass is 16.5. The van der Waals surface area contributed by atoms with Crippen LogP contribution in [0.15, 0.2) is 48.5 Å². The number of aliphatic hydroxyl groups excluding tert-OH is 1. The van der Waals surface area contributed by atoms with Gasteiger partial charge in [0.15, 0.2) is 0 Å². The first kappa shape index (κ1) is 15.7. The molecule has 1 aliphatic rings. The van der Waals surface area contributed by atoms with Gasteiger partial charge in [-0.2, -0.15) is 0 Å². The van der Waals surface area contributed by atoms with Crippen LogP contribution < -0.4 is 5.32 Å². The molecule has 23 heavy (non-hydrogen) atoms. The van der Waals surface area contributed by atoms with Crippen LogP contribution in [0, 0.1) is 5.92 Å². The molecule has 1 saturated heterocycles. The van der Waals surface area contributed by atoms with Crippen molar-refractivity contribution in [1.82, 2.24) is 5.32 Å². The Morgan fingerprint density at radius 2 is 1.96 bits per heavy atom. The van der Waals surface area contributed by atoms with Gasteiger partial charge < -0.3 is 15.2 Å². The summed E-state index contributed by atoms with van der Waals surface area (Å²) >= 11 is 0. The zero-order valence-corrected chi connectivity index (χ0v) is 13.0. The molecule has 1 aliphatic heterocycles. The van der Waals surface area contributed by atoms with E-state index in [4.69, 9.17) is 4.74 Å². The van der Waals surface area contributed by atoms with Crippen LogP contribution in [0.5, 0.6) is 0 Å². The van der Waals surface area contributed by atoms with Crippen LogP contribution >= 0.6 is 0 Å². The Morgan fingerprint density at radius 1 is 1.17 bits per heavy atom. The van der Waals surface area contributed by atoms with Crippen molar-refractivity contribution in [3.05, 3.63) is 59.7 Å². The standard InChI is InChI=1S/C19H21NO3/c21-12-17-3-1-2-4-18(17)15-5-7-16(8-6-15)19(22)20-11-14-9-10-23-13-14/h1-8,14,21H,9-13H2,(H,20,22)/t14-/m1/s1. The highest BCUT2D eigenvalue weighted by Gasteiger charge is 2.16. The summed E-state index contributed by atoms with van der Waals surface area (Å²) in [7, 11) is 0. The highest BCUT2D eigenvalue weighted by Crippen LogP contribution is 2.24. The van der Waals surface area contributed by atoms with Crippen molar-refractivity contribution in [1.29, 1.82) is 0 Å². The van der Waals surface area contributed by atoms with E-state index in [9.17, 15) is 9.90 Å². The Morgan fingerprint density at radius 3 is 2.65 bits per heavy atom. The molecule has 2 aromatic rings. The van der Waals surface area contributed by atoms with Crippen LogP contribution in [0.4, 0.5) is 0 Å². The predicted molar refractivity (Wildman–Crippen MR) is 89.1 cm³/mol. The normalized spacial score (nSPS) is 17.2. The minimum absolute atomic E-state index is 0.00186. The van der Waals surface area contributed by atoms with Gasteiger partial charge in [-0.25, -0.2) is 0 Å². The first-order chi connectivity index (χ1) is 11.3. The lowest BCUT2D eigenvalue weighted by Gasteiger charge is -2.11. The lowest BCUT2D eigenvalue weighted by Crippen LogP contribution is -2.29. The number of carbonyl (C=O) groups is 1. The number of hydrogen-bond acceptors (Lipinski definition) is 3. The third-order valence-electron chi connectivity index (χ3n) is 4.22. The number of rotatable bonds is 5. The summed E-state index contributed by atoms with van der Waals surface area (Å²) in [6.07, 6.45) is 1.01. The summed E-state index contributed by atoms with van der Waals surface area (Å²) < 4.78 is 5.31. The van der Waals surface area contributed by atoms with E-state index in [0.717, 1.165) is 36.3 Å². The molecular formula is C19H21NO3. The Kier molecular flexibility index (Phi) is 5.05. The molecule has 0 saturated carbocycles. The fourth-order valence-electron chi connectivity index (χ4n) is 2.82. The molecule has 1 heterocycles. The second-order valence-corrected chi connectivity index (χ2v) is 5.83. The van der Waals surface area contributed by atoms with Crippen molar-refractivity contribution in [2.75, 3.05) is 19.8 Å². The molecule has 0 radical (unpaired) electrons. The first-order valence-electron chi connectivity index (χ1n) is 7.93. The van der Waals surface area contributed by atoms with E-state index in [1.54, 1.807) is 0 Å². The average molecular weight is 311 g/mol. The fraction of sp³-hybridized carbons (Fsp3) is 0.316. The maximum atomic E-state index is 12.2. The van der Waals surface area contributed by atoms with E-state index in [1.807, 2.05) is 48.5 Å². The molecule has 0 aliphatic carbocycles. The van der Waals surface area contributed by atoms with Gasteiger partial charge in [-0.1, -0.05) is 36.4 Å². The van der Waals surface area contributed by atoms with Crippen molar-refractivity contribution >= 4 is 5.91 Å². The third kappa shape index (κ3) is 3.78. The predicted octanol–water partition coefficient (Wildman–Crippen LogP) is 2.61. The molecule has 2 N–H and O–H groups in total. The van der Waals surface area contributed by atoms with E-state index in [0.29, 0.717) is 18.0 Å². The van der Waals surface area contributed by atoms with Crippen LogP contribution in [0.3, 0.4) is 0 Å². The summed E-state index contributed by atoms with van der Waals surface area (Å²) in [5.74, 6) is 0.369. The maximum absolute atomic E-state index is 12.2. The van der Waals surface area contributed by atoms with Gasteiger partial charge in [-0.05, 0) is 35.2 Å². The number of carbonyl (C=O) groups excluding carboxylic acids is 1. The summed E-state index contributed by atoms with van der Waals surface area (Å²) in [4.78, 5) is 12.2. The molecule has 120 valence electrons. The van der Waals surface area contributed by atoms with E-state index >= 15 is 0 Å². The van der Waals surface area contributed by atoms with Gasteiger partial charge in [0, 0.05) is 24.6 Å². The summed E-state index contributed by atoms with van der Waals surface area (Å²) in [5, 5.41) is 12.4. The van der Waals surface area contributed by atoms with Crippen LogP contribution in [0.1, 0.15) is 22.3 Å². The van der Waals surface area contributed by atoms with E-state index in [1.165, 1.54) is 0 Å². The second kappa shape index (κ2) is 7.40. The molecule has 0 bridgehead atoms. The molecule has 1 fully saturated rings. The summed E-state index contributed by atoms with van der Waals surface area (Å²) in [6.45, 7) is 2.19. The number of nitrogens with one attached hydrogen (secondary N) is 1. The van der Waals surface area contributed by atoms with Crippen LogP contribution in [0.25, 0.3) is 11.1 Å². The largest absolute Gasteiger partial charge is 0.392 e. The summed E-state index contributed by atoms with van der Waals surface area (Å²) in [6, 6.07) is 15.2. The van der Waals surface area contributed by atoms with Gasteiger partial charge in [-0.3, -0.25) is 4.79 Å². The molecule has 4 heteroatoms. The van der Waals surface area contributed by atoms with Crippen molar-refractivity contribution < 1.29 is 14.6 Å². The molecule has 1 atom stereocenters. The van der Waals surface area contributed by atoms with Crippen LogP contribution in [-0.4, -0.2) is 30.8 Å². The van der Waals surface area contributed by atoms with E-state index in [-0.39, 0.29) is 12.5 Å². The quantitative estimate of drug-likeness (QED) is 0.892. The lowest BCUT2D eigenvalue weighted by molar-refractivity contribution is 0.0945. The molecule has 0 spiro atoms. The van der Waals surface area contributed by atoms with Crippen molar-refractivity contribution in [3.63, 3.8) is 0 Å². The number of benzene rings is 2. The molecule has 0 unspecified atom stereocenters. The minimum atomic E-state index is -0.0566. The zero-order valence-electron chi connectivity index (χ0n) is 13.0. The van der Waals surface area contributed by atoms with Crippen LogP contribution in [0.2, 0.25) is 0 Å². The number of amides is 1. The summed E-state index contributed by atoms with van der Waals surface area (Å²) in [5.41, 5.74) is 3.51. The minimum Gasteiger partial charge on any atom is -0.392 e. The van der Waals surface area contributed by atoms with E-state index in [2.05, 4.69) is 5.32 Å². The van der Waals surface area contributed by atoms with Gasteiger partial charge in [0.25, 0.3) is 5.91 Å². The van der Waals surface area contributed by atoms with Gasteiger partial charge in [0.1, 0.15) is 0 Å². The maximum Gasteiger partial charge on any atom is 0.251 e. The number of ether oxygens (including phenoxy) is 1. The Labute approximate surface area is 136 Å². The van der Waals surface area contributed by atoms with Gasteiger partial charge >= 0.3 is 0 Å². The lowest BCUT2D eigenvalue weighted by atomic mass is 9.99. The smallest absolute Gasteiger partial charge is 0.251 e. The van der Waals surface area contributed by atoms with Crippen LogP contribution in [-0.2, 0) is 11.3 Å². The van der Waals surface area contributed by atoms with E-state index < -0.39 is 0 Å². The number of hydrogen-bond donors (Lipinski definition) is 2. The molecular weight excluding hydrogens is 290 g/mol. The fourth-order valence-corrected chi connectivity index (χ4v) is 2.82. The SMILES string of the molecule is O=C(NC[C@H]1CCOC1)c1ccc(-c2ccccc2CO)cc1. The Balaban J connectivity index is 1.67. The van der Waals surface area contributed by atoms with Gasteiger partial charge in [0.2, 0.25) is 0 Å².